The van der Waals surface area contributed by atoms with Gasteiger partial charge in [-0.3, -0.25) is 9.69 Å². The van der Waals surface area contributed by atoms with Crippen LogP contribution in [0.4, 0.5) is 0 Å². The number of aliphatic hydroxyl groups is 1. The van der Waals surface area contributed by atoms with Gasteiger partial charge in [-0.2, -0.15) is 0 Å². The first kappa shape index (κ1) is 14.8. The molecule has 1 N–H and O–H groups in total. The van der Waals surface area contributed by atoms with Gasteiger partial charge in [-0.1, -0.05) is 24.3 Å². The van der Waals surface area contributed by atoms with Crippen LogP contribution in [0.3, 0.4) is 0 Å². The van der Waals surface area contributed by atoms with Gasteiger partial charge in [0.15, 0.2) is 0 Å². The second-order valence-electron chi connectivity index (χ2n) is 6.10. The highest BCUT2D eigenvalue weighted by Gasteiger charge is 2.44. The molecule has 0 aromatic rings. The molecular weight excluding hydrogens is 268 g/mol. The van der Waals surface area contributed by atoms with E-state index >= 15 is 0 Å². The van der Waals surface area contributed by atoms with Gasteiger partial charge in [0.05, 0.1) is 6.61 Å². The van der Waals surface area contributed by atoms with Crippen LogP contribution >= 0.6 is 0 Å². The predicted octanol–water partition coefficient (Wildman–Crippen LogP) is 1.11. The van der Waals surface area contributed by atoms with Gasteiger partial charge in [-0.25, -0.2) is 0 Å². The van der Waals surface area contributed by atoms with Crippen LogP contribution in [0.15, 0.2) is 24.3 Å². The average molecular weight is 292 g/mol. The third-order valence-corrected chi connectivity index (χ3v) is 4.88. The summed E-state index contributed by atoms with van der Waals surface area (Å²) in [5.74, 6) is 0.364. The Hall–Kier alpha value is -1.17. The number of amides is 1. The molecule has 0 aromatic carbocycles. The molecule has 0 radical (unpaired) electrons. The van der Waals surface area contributed by atoms with Crippen LogP contribution < -0.4 is 0 Å². The first-order valence-electron chi connectivity index (χ1n) is 7.89. The van der Waals surface area contributed by atoms with Gasteiger partial charge in [0, 0.05) is 31.1 Å². The van der Waals surface area contributed by atoms with E-state index in [0.29, 0.717) is 12.5 Å². The molecule has 21 heavy (non-hydrogen) atoms. The molecule has 1 aliphatic carbocycles. The Balaban J connectivity index is 1.50. The molecule has 2 aliphatic heterocycles. The highest BCUT2D eigenvalue weighted by molar-refractivity contribution is 5.49. The third-order valence-electron chi connectivity index (χ3n) is 4.88. The predicted molar refractivity (Wildman–Crippen MR) is 79.2 cm³/mol. The fourth-order valence-corrected chi connectivity index (χ4v) is 3.70. The normalized spacial score (nSPS) is 34.0. The fourth-order valence-electron chi connectivity index (χ4n) is 3.70. The summed E-state index contributed by atoms with van der Waals surface area (Å²) in [7, 11) is 0. The Bertz CT molecular complexity index is 424. The van der Waals surface area contributed by atoms with Crippen LogP contribution in [-0.4, -0.2) is 59.5 Å². The summed E-state index contributed by atoms with van der Waals surface area (Å²) in [4.78, 5) is 14.9. The Morgan fingerprint density at radius 2 is 2.10 bits per heavy atom. The van der Waals surface area contributed by atoms with Crippen LogP contribution in [0.1, 0.15) is 25.7 Å². The number of carbonyl (C=O) groups is 1. The molecule has 0 spiro atoms. The standard InChI is InChI=1S/C16H24N2O3/c19-12-17-9-7-15-14(17)8-10-18(15)16(20)21-11-13-5-3-1-2-4-6-13/h1-3,5,12-16,20H,4,6-11H2. The Morgan fingerprint density at radius 3 is 2.95 bits per heavy atom. The van der Waals surface area contributed by atoms with Crippen molar-refractivity contribution in [2.45, 2.75) is 44.2 Å². The highest BCUT2D eigenvalue weighted by Crippen LogP contribution is 2.32. The second kappa shape index (κ2) is 6.73. The number of rotatable bonds is 5. The smallest absolute Gasteiger partial charge is 0.216 e. The van der Waals surface area contributed by atoms with Crippen LogP contribution in [-0.2, 0) is 9.53 Å². The van der Waals surface area contributed by atoms with E-state index in [1.807, 2.05) is 9.80 Å². The summed E-state index contributed by atoms with van der Waals surface area (Å²) in [5, 5.41) is 10.3. The molecule has 0 aromatic heterocycles. The Kier molecular flexibility index (Phi) is 4.73. The van der Waals surface area contributed by atoms with Gasteiger partial charge in [0.1, 0.15) is 0 Å². The van der Waals surface area contributed by atoms with Gasteiger partial charge < -0.3 is 14.7 Å². The summed E-state index contributed by atoms with van der Waals surface area (Å²) in [5.41, 5.74) is 0. The topological polar surface area (TPSA) is 53.0 Å². The maximum absolute atomic E-state index is 11.0. The molecule has 2 saturated heterocycles. The number of nitrogens with zero attached hydrogens (tertiary/aromatic N) is 2. The maximum Gasteiger partial charge on any atom is 0.216 e. The lowest BCUT2D eigenvalue weighted by Crippen LogP contribution is -2.43. The lowest BCUT2D eigenvalue weighted by Gasteiger charge is -2.29. The van der Waals surface area contributed by atoms with Crippen molar-refractivity contribution in [1.29, 1.82) is 0 Å². The molecule has 2 fully saturated rings. The van der Waals surface area contributed by atoms with Crippen LogP contribution in [0.25, 0.3) is 0 Å². The molecular formula is C16H24N2O3. The van der Waals surface area contributed by atoms with E-state index in [1.54, 1.807) is 0 Å². The first-order valence-corrected chi connectivity index (χ1v) is 7.89. The number of hydrogen-bond acceptors (Lipinski definition) is 4. The lowest BCUT2D eigenvalue weighted by molar-refractivity contribution is -0.201. The summed E-state index contributed by atoms with van der Waals surface area (Å²) in [6, 6.07) is 0.499. The fraction of sp³-hybridized carbons (Fsp3) is 0.688. The molecule has 0 bridgehead atoms. The summed E-state index contributed by atoms with van der Waals surface area (Å²) in [6.45, 7) is 2.13. The maximum atomic E-state index is 11.0. The van der Waals surface area contributed by atoms with E-state index in [1.165, 1.54) is 0 Å². The van der Waals surface area contributed by atoms with Crippen molar-refractivity contribution in [1.82, 2.24) is 9.80 Å². The Morgan fingerprint density at radius 1 is 1.24 bits per heavy atom. The van der Waals surface area contributed by atoms with Gasteiger partial charge in [-0.15, -0.1) is 0 Å². The highest BCUT2D eigenvalue weighted by atomic mass is 16.6. The van der Waals surface area contributed by atoms with Crippen molar-refractivity contribution in [3.8, 4) is 0 Å². The number of carbonyl (C=O) groups excluding carboxylic acids is 1. The number of likely N-dealkylation sites (tertiary alicyclic amines) is 2. The minimum Gasteiger partial charge on any atom is -0.356 e. The number of ether oxygens (including phenoxy) is 1. The van der Waals surface area contributed by atoms with Crippen LogP contribution in [0, 0.1) is 5.92 Å². The zero-order valence-electron chi connectivity index (χ0n) is 12.3. The van der Waals surface area contributed by atoms with E-state index in [0.717, 1.165) is 45.2 Å². The van der Waals surface area contributed by atoms with Crippen molar-refractivity contribution in [3.05, 3.63) is 24.3 Å². The van der Waals surface area contributed by atoms with E-state index in [2.05, 4.69) is 24.3 Å². The second-order valence-corrected chi connectivity index (χ2v) is 6.10. The van der Waals surface area contributed by atoms with Crippen LogP contribution in [0.5, 0.6) is 0 Å². The van der Waals surface area contributed by atoms with Gasteiger partial charge in [0.2, 0.25) is 12.8 Å². The number of fused-ring (bicyclic) bond motifs is 1. The Labute approximate surface area is 125 Å². The molecule has 5 heteroatoms. The average Bonchev–Trinajstić information content (AvgIpc) is 2.98. The van der Waals surface area contributed by atoms with Gasteiger partial charge >= 0.3 is 0 Å². The molecule has 3 aliphatic rings. The molecule has 1 amide bonds. The first-order chi connectivity index (χ1) is 10.3. The zero-order chi connectivity index (χ0) is 14.7. The van der Waals surface area contributed by atoms with Crippen molar-refractivity contribution >= 4 is 6.41 Å². The van der Waals surface area contributed by atoms with E-state index in [4.69, 9.17) is 4.74 Å². The minimum atomic E-state index is -0.851. The molecule has 4 atom stereocenters. The van der Waals surface area contributed by atoms with Gasteiger partial charge in [0.25, 0.3) is 0 Å². The minimum absolute atomic E-state index is 0.247. The summed E-state index contributed by atoms with van der Waals surface area (Å²) in [6.07, 6.45) is 12.5. The van der Waals surface area contributed by atoms with Crippen molar-refractivity contribution in [2.24, 2.45) is 5.92 Å². The summed E-state index contributed by atoms with van der Waals surface area (Å²) < 4.78 is 5.69. The molecule has 116 valence electrons. The molecule has 0 saturated carbocycles. The lowest BCUT2D eigenvalue weighted by atomic mass is 10.1. The number of allylic oxidation sites excluding steroid dienone is 3. The largest absolute Gasteiger partial charge is 0.356 e. The quantitative estimate of drug-likeness (QED) is 0.609. The third kappa shape index (κ3) is 3.20. The van der Waals surface area contributed by atoms with Gasteiger partial charge in [-0.05, 0) is 25.7 Å². The molecule has 4 unspecified atom stereocenters. The zero-order valence-corrected chi connectivity index (χ0v) is 12.3. The van der Waals surface area contributed by atoms with E-state index < -0.39 is 6.41 Å². The number of hydrogen-bond donors (Lipinski definition) is 1. The van der Waals surface area contributed by atoms with E-state index in [9.17, 15) is 9.90 Å². The van der Waals surface area contributed by atoms with Crippen LogP contribution in [0.2, 0.25) is 0 Å². The summed E-state index contributed by atoms with van der Waals surface area (Å²) >= 11 is 0. The molecule has 2 heterocycles. The molecule has 3 rings (SSSR count). The SMILES string of the molecule is O=CN1CCC2C1CCN2C(O)OCC1C=CC=CCC1. The van der Waals surface area contributed by atoms with Crippen molar-refractivity contribution in [2.75, 3.05) is 19.7 Å². The van der Waals surface area contributed by atoms with Crippen molar-refractivity contribution in [3.63, 3.8) is 0 Å². The molecule has 5 nitrogen and oxygen atoms in total. The van der Waals surface area contributed by atoms with E-state index in [-0.39, 0.29) is 12.1 Å². The number of aliphatic hydroxyl groups excluding tert-OH is 1. The van der Waals surface area contributed by atoms with Crippen molar-refractivity contribution < 1.29 is 14.6 Å². The monoisotopic (exact) mass is 292 g/mol.